The largest absolute Gasteiger partial charge is 0.492 e. The molecule has 0 aliphatic carbocycles. The Morgan fingerprint density at radius 3 is 2.62 bits per heavy atom. The Bertz CT molecular complexity index is 947. The van der Waals surface area contributed by atoms with Crippen LogP contribution in [0.2, 0.25) is 0 Å². The number of carbonyl (C=O) groups is 1. The van der Waals surface area contributed by atoms with Crippen LogP contribution >= 0.6 is 0 Å². The predicted octanol–water partition coefficient (Wildman–Crippen LogP) is 2.64. The first-order chi connectivity index (χ1) is 15.4. The van der Waals surface area contributed by atoms with Gasteiger partial charge in [-0.2, -0.15) is 0 Å². The number of urea groups is 1. The van der Waals surface area contributed by atoms with Crippen molar-refractivity contribution in [1.82, 2.24) is 15.1 Å². The van der Waals surface area contributed by atoms with Crippen LogP contribution in [0, 0.1) is 20.8 Å². The molecule has 0 spiro atoms. The van der Waals surface area contributed by atoms with Crippen LogP contribution in [0.4, 0.5) is 4.79 Å². The standard InChI is InChI=1S/C25H33N3O4/c1-17-12-18(2)19(3)23(13-17)32-24-16-27(15-22(24)29)14-20-4-6-21(7-5-20)31-11-10-28-9-8-26-25(28)30/h4-7,12-13,22,24,29H,8-11,14-16H2,1-3H3,(H,26,30)/t22-,24-/m0/s1. The van der Waals surface area contributed by atoms with E-state index < -0.39 is 6.10 Å². The molecule has 7 heteroatoms. The van der Waals surface area contributed by atoms with Gasteiger partial charge in [-0.1, -0.05) is 18.2 Å². The van der Waals surface area contributed by atoms with E-state index in [0.717, 1.165) is 35.7 Å². The Hall–Kier alpha value is -2.77. The zero-order valence-electron chi connectivity index (χ0n) is 19.1. The molecule has 2 atom stereocenters. The lowest BCUT2D eigenvalue weighted by Crippen LogP contribution is -2.31. The molecule has 0 bridgehead atoms. The van der Waals surface area contributed by atoms with Crippen LogP contribution in [0.1, 0.15) is 22.3 Å². The molecule has 2 aliphatic rings. The van der Waals surface area contributed by atoms with E-state index in [1.807, 2.05) is 30.3 Å². The maximum absolute atomic E-state index is 11.5. The number of hydrogen-bond acceptors (Lipinski definition) is 5. The van der Waals surface area contributed by atoms with E-state index in [1.165, 1.54) is 11.1 Å². The normalized spacial score (nSPS) is 21.1. The zero-order valence-corrected chi connectivity index (χ0v) is 19.1. The Morgan fingerprint density at radius 2 is 1.91 bits per heavy atom. The summed E-state index contributed by atoms with van der Waals surface area (Å²) in [5.41, 5.74) is 4.66. The van der Waals surface area contributed by atoms with Crippen molar-refractivity contribution in [2.45, 2.75) is 39.5 Å². The molecule has 2 fully saturated rings. The van der Waals surface area contributed by atoms with Gasteiger partial charge in [0.2, 0.25) is 0 Å². The van der Waals surface area contributed by atoms with Crippen molar-refractivity contribution in [2.75, 3.05) is 39.3 Å². The number of aliphatic hydroxyl groups excluding tert-OH is 1. The summed E-state index contributed by atoms with van der Waals surface area (Å²) in [4.78, 5) is 15.5. The number of nitrogens with one attached hydrogen (secondary N) is 1. The molecular weight excluding hydrogens is 406 g/mol. The second-order valence-corrected chi connectivity index (χ2v) is 8.83. The van der Waals surface area contributed by atoms with Gasteiger partial charge in [-0.3, -0.25) is 4.90 Å². The molecule has 2 heterocycles. The van der Waals surface area contributed by atoms with Gasteiger partial charge in [-0.25, -0.2) is 4.79 Å². The molecule has 32 heavy (non-hydrogen) atoms. The summed E-state index contributed by atoms with van der Waals surface area (Å²) in [6, 6.07) is 12.2. The number of carbonyl (C=O) groups excluding carboxylic acids is 1. The first kappa shape index (κ1) is 22.4. The van der Waals surface area contributed by atoms with E-state index >= 15 is 0 Å². The molecule has 2 N–H and O–H groups in total. The Balaban J connectivity index is 1.27. The average molecular weight is 440 g/mol. The highest BCUT2D eigenvalue weighted by Gasteiger charge is 2.33. The Labute approximate surface area is 189 Å². The van der Waals surface area contributed by atoms with Gasteiger partial charge in [0.25, 0.3) is 0 Å². The second kappa shape index (κ2) is 9.79. The third-order valence-corrected chi connectivity index (χ3v) is 6.26. The monoisotopic (exact) mass is 439 g/mol. The third kappa shape index (κ3) is 5.34. The molecule has 4 rings (SSSR count). The molecule has 2 aromatic rings. The van der Waals surface area contributed by atoms with Gasteiger partial charge in [0.1, 0.15) is 30.3 Å². The summed E-state index contributed by atoms with van der Waals surface area (Å²) in [5, 5.41) is 13.3. The van der Waals surface area contributed by atoms with Gasteiger partial charge < -0.3 is 24.8 Å². The first-order valence-corrected chi connectivity index (χ1v) is 11.3. The van der Waals surface area contributed by atoms with Crippen LogP contribution < -0.4 is 14.8 Å². The van der Waals surface area contributed by atoms with Crippen molar-refractivity contribution in [3.8, 4) is 11.5 Å². The van der Waals surface area contributed by atoms with Crippen molar-refractivity contribution in [2.24, 2.45) is 0 Å². The summed E-state index contributed by atoms with van der Waals surface area (Å²) in [5.74, 6) is 1.66. The molecule has 0 saturated carbocycles. The van der Waals surface area contributed by atoms with E-state index in [-0.39, 0.29) is 12.1 Å². The summed E-state index contributed by atoms with van der Waals surface area (Å²) in [6.45, 7) is 10.7. The quantitative estimate of drug-likeness (QED) is 0.662. The van der Waals surface area contributed by atoms with Crippen LogP contribution in [0.25, 0.3) is 0 Å². The molecule has 2 aliphatic heterocycles. The summed E-state index contributed by atoms with van der Waals surface area (Å²) < 4.78 is 12.0. The van der Waals surface area contributed by atoms with E-state index in [0.29, 0.717) is 32.8 Å². The minimum Gasteiger partial charge on any atom is -0.492 e. The average Bonchev–Trinajstić information content (AvgIpc) is 3.32. The number of nitrogens with zero attached hydrogens (tertiary/aromatic N) is 2. The topological polar surface area (TPSA) is 74.3 Å². The fourth-order valence-corrected chi connectivity index (χ4v) is 4.31. The highest BCUT2D eigenvalue weighted by Crippen LogP contribution is 2.27. The van der Waals surface area contributed by atoms with Crippen molar-refractivity contribution >= 4 is 6.03 Å². The number of likely N-dealkylation sites (tertiary alicyclic amines) is 1. The minimum atomic E-state index is -0.513. The van der Waals surface area contributed by atoms with Gasteiger partial charge in [0, 0.05) is 32.7 Å². The van der Waals surface area contributed by atoms with E-state index in [1.54, 1.807) is 4.90 Å². The molecule has 0 unspecified atom stereocenters. The zero-order chi connectivity index (χ0) is 22.7. The van der Waals surface area contributed by atoms with Crippen molar-refractivity contribution in [1.29, 1.82) is 0 Å². The second-order valence-electron chi connectivity index (χ2n) is 8.83. The predicted molar refractivity (Wildman–Crippen MR) is 123 cm³/mol. The van der Waals surface area contributed by atoms with E-state index in [4.69, 9.17) is 9.47 Å². The van der Waals surface area contributed by atoms with Gasteiger partial charge in [-0.05, 0) is 61.2 Å². The van der Waals surface area contributed by atoms with Crippen molar-refractivity contribution in [3.63, 3.8) is 0 Å². The van der Waals surface area contributed by atoms with E-state index in [2.05, 4.69) is 37.1 Å². The van der Waals surface area contributed by atoms with Crippen LogP contribution in [0.5, 0.6) is 11.5 Å². The van der Waals surface area contributed by atoms with Crippen LogP contribution in [0.15, 0.2) is 36.4 Å². The molecule has 0 radical (unpaired) electrons. The fourth-order valence-electron chi connectivity index (χ4n) is 4.31. The van der Waals surface area contributed by atoms with Crippen LogP contribution in [-0.4, -0.2) is 72.5 Å². The molecule has 2 saturated heterocycles. The first-order valence-electron chi connectivity index (χ1n) is 11.3. The molecule has 2 amide bonds. The molecule has 172 valence electrons. The number of aliphatic hydroxyl groups is 1. The van der Waals surface area contributed by atoms with Gasteiger partial charge in [0.05, 0.1) is 6.54 Å². The maximum Gasteiger partial charge on any atom is 0.317 e. The number of β-amino-alcohol motifs (C(OH)–C–C–N with tert-alkyl or cyclic N) is 1. The number of aryl methyl sites for hydroxylation is 2. The Kier molecular flexibility index (Phi) is 6.86. The van der Waals surface area contributed by atoms with Crippen molar-refractivity contribution in [3.05, 3.63) is 58.7 Å². The number of benzene rings is 2. The summed E-state index contributed by atoms with van der Waals surface area (Å²) in [6.07, 6.45) is -0.749. The van der Waals surface area contributed by atoms with Crippen LogP contribution in [-0.2, 0) is 6.54 Å². The number of ether oxygens (including phenoxy) is 2. The highest BCUT2D eigenvalue weighted by atomic mass is 16.5. The lowest BCUT2D eigenvalue weighted by atomic mass is 10.1. The summed E-state index contributed by atoms with van der Waals surface area (Å²) in [7, 11) is 0. The number of amides is 2. The number of hydrogen-bond donors (Lipinski definition) is 2. The maximum atomic E-state index is 11.5. The van der Waals surface area contributed by atoms with Gasteiger partial charge in [0.15, 0.2) is 0 Å². The van der Waals surface area contributed by atoms with Gasteiger partial charge >= 0.3 is 6.03 Å². The lowest BCUT2D eigenvalue weighted by Gasteiger charge is -2.20. The van der Waals surface area contributed by atoms with Crippen molar-refractivity contribution < 1.29 is 19.4 Å². The highest BCUT2D eigenvalue weighted by molar-refractivity contribution is 5.76. The summed E-state index contributed by atoms with van der Waals surface area (Å²) >= 11 is 0. The Morgan fingerprint density at radius 1 is 1.12 bits per heavy atom. The number of rotatable bonds is 8. The van der Waals surface area contributed by atoms with Gasteiger partial charge in [-0.15, -0.1) is 0 Å². The fraction of sp³-hybridized carbons (Fsp3) is 0.480. The molecule has 7 nitrogen and oxygen atoms in total. The third-order valence-electron chi connectivity index (χ3n) is 6.26. The molecule has 2 aromatic carbocycles. The molecule has 0 aromatic heterocycles. The minimum absolute atomic E-state index is 0.0215. The van der Waals surface area contributed by atoms with Crippen LogP contribution in [0.3, 0.4) is 0 Å². The molecular formula is C25H33N3O4. The van der Waals surface area contributed by atoms with E-state index in [9.17, 15) is 9.90 Å². The smallest absolute Gasteiger partial charge is 0.317 e. The lowest BCUT2D eigenvalue weighted by molar-refractivity contribution is 0.0731. The SMILES string of the molecule is Cc1cc(C)c(C)c(O[C@H]2CN(Cc3ccc(OCCN4CCNC4=O)cc3)C[C@@H]2O)c1.